The molecule has 1 aliphatic heterocycles. The lowest BCUT2D eigenvalue weighted by atomic mass is 9.87. The Balaban J connectivity index is 2.81. The molecule has 138 valence electrons. The number of carbonyl (C=O) groups is 3. The molecule has 0 aromatic carbocycles. The Morgan fingerprint density at radius 1 is 1.33 bits per heavy atom. The summed E-state index contributed by atoms with van der Waals surface area (Å²) >= 11 is 5.06. The lowest BCUT2D eigenvalue weighted by molar-refractivity contribution is -0.143. The zero-order chi connectivity index (χ0) is 18.9. The molecule has 11 heteroatoms. The van der Waals surface area contributed by atoms with E-state index in [0.717, 1.165) is 4.90 Å². The van der Waals surface area contributed by atoms with Crippen molar-refractivity contribution in [2.75, 3.05) is 19.3 Å². The van der Waals surface area contributed by atoms with Gasteiger partial charge >= 0.3 is 12.0 Å². The normalized spacial score (nSPS) is 20.2. The average molecular weight is 403 g/mol. The molecule has 0 bridgehead atoms. The third kappa shape index (κ3) is 4.31. The topological polar surface area (TPSA) is 101 Å². The molecule has 0 N–H and O–H groups in total. The Labute approximate surface area is 150 Å². The fourth-order valence-corrected chi connectivity index (χ4v) is 4.44. The van der Waals surface area contributed by atoms with Crippen molar-refractivity contribution in [2.45, 2.75) is 39.2 Å². The standard InChI is InChI=1S/C13H20Cl2N2O6S/c1-12(2)9(18)17(11(20)16(12)4)7-5-6-13(3,10(19)23-14)8-24(15,21)22/h5-8H2,1-4H3. The van der Waals surface area contributed by atoms with Crippen molar-refractivity contribution in [3.8, 4) is 0 Å². The number of carbonyl (C=O) groups excluding carboxylic acids is 3. The zero-order valence-electron chi connectivity index (χ0n) is 13.8. The number of halogens is 2. The van der Waals surface area contributed by atoms with Crippen molar-refractivity contribution >= 4 is 49.5 Å². The van der Waals surface area contributed by atoms with Crippen molar-refractivity contribution in [1.29, 1.82) is 0 Å². The first kappa shape index (κ1) is 21.0. The maximum Gasteiger partial charge on any atom is 0.331 e. The van der Waals surface area contributed by atoms with Crippen LogP contribution in [0.25, 0.3) is 0 Å². The maximum absolute atomic E-state index is 12.3. The van der Waals surface area contributed by atoms with Crippen LogP contribution in [0.4, 0.5) is 4.79 Å². The first-order valence-electron chi connectivity index (χ1n) is 7.11. The highest BCUT2D eigenvalue weighted by molar-refractivity contribution is 8.13. The summed E-state index contributed by atoms with van der Waals surface area (Å²) < 4.78 is 26.7. The minimum absolute atomic E-state index is 0.0195. The van der Waals surface area contributed by atoms with E-state index < -0.39 is 37.8 Å². The fourth-order valence-electron chi connectivity index (χ4n) is 2.51. The number of likely N-dealkylation sites (N-methyl/N-ethyl adjacent to an activating group) is 1. The Bertz CT molecular complexity index is 651. The largest absolute Gasteiger partial charge is 0.347 e. The van der Waals surface area contributed by atoms with Gasteiger partial charge in [-0.1, -0.05) is 0 Å². The number of hydrogen-bond donors (Lipinski definition) is 0. The van der Waals surface area contributed by atoms with E-state index in [9.17, 15) is 22.8 Å². The molecule has 24 heavy (non-hydrogen) atoms. The first-order chi connectivity index (χ1) is 10.8. The van der Waals surface area contributed by atoms with Gasteiger partial charge in [0.1, 0.15) is 17.4 Å². The molecule has 8 nitrogen and oxygen atoms in total. The Hall–Kier alpha value is -1.06. The van der Waals surface area contributed by atoms with Crippen LogP contribution in [0.15, 0.2) is 0 Å². The number of nitrogens with zero attached hydrogens (tertiary/aromatic N) is 2. The quantitative estimate of drug-likeness (QED) is 0.474. The minimum atomic E-state index is -3.98. The second kappa shape index (κ2) is 7.05. The summed E-state index contributed by atoms with van der Waals surface area (Å²) in [7, 11) is 2.77. The van der Waals surface area contributed by atoms with Gasteiger partial charge in [-0.15, -0.1) is 0 Å². The number of urea groups is 1. The van der Waals surface area contributed by atoms with Gasteiger partial charge in [0.15, 0.2) is 0 Å². The second-order valence-electron chi connectivity index (χ2n) is 6.57. The molecular formula is C13H20Cl2N2O6S. The van der Waals surface area contributed by atoms with Gasteiger partial charge in [-0.05, 0) is 33.6 Å². The minimum Gasteiger partial charge on any atom is -0.347 e. The highest BCUT2D eigenvalue weighted by atomic mass is 35.7. The SMILES string of the molecule is CN1C(=O)N(CCCC(C)(CS(=O)(=O)Cl)C(=O)OCl)C(=O)C1(C)C. The van der Waals surface area contributed by atoms with Crippen LogP contribution in [0, 0.1) is 5.41 Å². The molecule has 1 unspecified atom stereocenters. The third-order valence-electron chi connectivity index (χ3n) is 4.29. The van der Waals surface area contributed by atoms with Gasteiger partial charge in [-0.3, -0.25) is 9.69 Å². The molecule has 0 aromatic heterocycles. The van der Waals surface area contributed by atoms with E-state index in [2.05, 4.69) is 4.29 Å². The molecule has 1 atom stereocenters. The van der Waals surface area contributed by atoms with Crippen LogP contribution in [0.2, 0.25) is 0 Å². The van der Waals surface area contributed by atoms with Crippen LogP contribution >= 0.6 is 22.5 Å². The molecule has 0 aromatic rings. The van der Waals surface area contributed by atoms with E-state index in [1.165, 1.54) is 18.9 Å². The molecule has 3 amide bonds. The van der Waals surface area contributed by atoms with Gasteiger partial charge in [0.05, 0.1) is 11.2 Å². The highest BCUT2D eigenvalue weighted by Gasteiger charge is 2.49. The third-order valence-corrected chi connectivity index (χ3v) is 5.74. The highest BCUT2D eigenvalue weighted by Crippen LogP contribution is 2.31. The number of rotatable bonds is 7. The van der Waals surface area contributed by atoms with Crippen LogP contribution in [0.3, 0.4) is 0 Å². The van der Waals surface area contributed by atoms with Gasteiger partial charge < -0.3 is 9.19 Å². The van der Waals surface area contributed by atoms with E-state index in [0.29, 0.717) is 0 Å². The van der Waals surface area contributed by atoms with Crippen molar-refractivity contribution in [1.82, 2.24) is 9.80 Å². The van der Waals surface area contributed by atoms with E-state index in [1.807, 2.05) is 0 Å². The Kier molecular flexibility index (Phi) is 6.16. The van der Waals surface area contributed by atoms with Crippen LogP contribution in [-0.4, -0.2) is 61.0 Å². The summed E-state index contributed by atoms with van der Waals surface area (Å²) in [6.45, 7) is 4.64. The van der Waals surface area contributed by atoms with Gasteiger partial charge in [0.2, 0.25) is 9.05 Å². The summed E-state index contributed by atoms with van der Waals surface area (Å²) in [5.74, 6) is -1.97. The average Bonchev–Trinajstić information content (AvgIpc) is 2.59. The molecule has 0 saturated carbocycles. The van der Waals surface area contributed by atoms with Crippen molar-refractivity contribution in [3.63, 3.8) is 0 Å². The molecule has 1 fully saturated rings. The summed E-state index contributed by atoms with van der Waals surface area (Å²) in [4.78, 5) is 38.5. The molecule has 0 spiro atoms. The molecule has 1 aliphatic rings. The maximum atomic E-state index is 12.3. The summed E-state index contributed by atoms with van der Waals surface area (Å²) in [6.07, 6.45) is 0.210. The number of imide groups is 1. The molecule has 0 radical (unpaired) electrons. The number of hydrogen-bond acceptors (Lipinski definition) is 6. The lowest BCUT2D eigenvalue weighted by Gasteiger charge is -2.25. The van der Waals surface area contributed by atoms with Crippen molar-refractivity contribution in [2.24, 2.45) is 5.41 Å². The fraction of sp³-hybridized carbons (Fsp3) is 0.769. The van der Waals surface area contributed by atoms with E-state index >= 15 is 0 Å². The van der Waals surface area contributed by atoms with Gasteiger partial charge in [-0.2, -0.15) is 0 Å². The molecule has 1 saturated heterocycles. The summed E-state index contributed by atoms with van der Waals surface area (Å²) in [5.41, 5.74) is -2.43. The molecular weight excluding hydrogens is 383 g/mol. The monoisotopic (exact) mass is 402 g/mol. The second-order valence-corrected chi connectivity index (χ2v) is 9.50. The zero-order valence-corrected chi connectivity index (χ0v) is 16.2. The van der Waals surface area contributed by atoms with Gasteiger partial charge in [0.25, 0.3) is 5.91 Å². The Morgan fingerprint density at radius 3 is 2.25 bits per heavy atom. The summed E-state index contributed by atoms with van der Waals surface area (Å²) in [6, 6.07) is -0.448. The van der Waals surface area contributed by atoms with E-state index in [1.54, 1.807) is 13.8 Å². The Morgan fingerprint density at radius 2 is 1.88 bits per heavy atom. The lowest BCUT2D eigenvalue weighted by Crippen LogP contribution is -2.41. The smallest absolute Gasteiger partial charge is 0.331 e. The first-order valence-corrected chi connectivity index (χ1v) is 9.90. The predicted octanol–water partition coefficient (Wildman–Crippen LogP) is 1.71. The molecule has 0 aliphatic carbocycles. The van der Waals surface area contributed by atoms with Crippen LogP contribution in [0.1, 0.15) is 33.6 Å². The van der Waals surface area contributed by atoms with Crippen LogP contribution in [0.5, 0.6) is 0 Å². The van der Waals surface area contributed by atoms with E-state index in [-0.39, 0.29) is 25.3 Å². The number of amides is 3. The van der Waals surface area contributed by atoms with Crippen LogP contribution in [-0.2, 0) is 22.9 Å². The van der Waals surface area contributed by atoms with E-state index in [4.69, 9.17) is 22.5 Å². The van der Waals surface area contributed by atoms with Gasteiger partial charge in [0, 0.05) is 24.3 Å². The van der Waals surface area contributed by atoms with Crippen LogP contribution < -0.4 is 0 Å². The summed E-state index contributed by atoms with van der Waals surface area (Å²) in [5, 5.41) is 0. The van der Waals surface area contributed by atoms with Crippen molar-refractivity contribution < 1.29 is 27.1 Å². The van der Waals surface area contributed by atoms with Gasteiger partial charge in [-0.25, -0.2) is 18.0 Å². The predicted molar refractivity (Wildman–Crippen MR) is 87.9 cm³/mol. The molecule has 1 rings (SSSR count). The van der Waals surface area contributed by atoms with Crippen molar-refractivity contribution in [3.05, 3.63) is 0 Å². The molecule has 1 heterocycles.